The molecule has 0 spiro atoms. The maximum atomic E-state index is 15.2. The molecule has 2 aliphatic rings. The van der Waals surface area contributed by atoms with Crippen LogP contribution in [0, 0.1) is 0 Å². The molecular weight excluding hydrogens is 455 g/mol. The second-order valence-electron chi connectivity index (χ2n) is 8.60. The minimum absolute atomic E-state index is 0.0624. The monoisotopic (exact) mass is 483 g/mol. The van der Waals surface area contributed by atoms with Gasteiger partial charge in [0, 0.05) is 52.8 Å². The number of aromatic nitrogens is 2. The number of alkyl halides is 2. The van der Waals surface area contributed by atoms with Crippen LogP contribution in [0.15, 0.2) is 70.9 Å². The minimum Gasteiger partial charge on any atom is -0.434 e. The van der Waals surface area contributed by atoms with Crippen molar-refractivity contribution in [1.29, 1.82) is 0 Å². The fraction of sp³-hybridized carbons (Fsp3) is 0.370. The number of nitrogens with zero attached hydrogens (tertiary/aromatic N) is 3. The van der Waals surface area contributed by atoms with Crippen LogP contribution in [-0.4, -0.2) is 28.9 Å². The van der Waals surface area contributed by atoms with E-state index in [0.717, 1.165) is 29.9 Å². The van der Waals surface area contributed by atoms with Crippen molar-refractivity contribution in [1.82, 2.24) is 9.97 Å². The highest BCUT2D eigenvalue weighted by atomic mass is 19.3. The Balaban J connectivity index is 1.57. The van der Waals surface area contributed by atoms with E-state index in [9.17, 15) is 8.78 Å². The lowest BCUT2D eigenvalue weighted by atomic mass is 9.97. The predicted octanol–water partition coefficient (Wildman–Crippen LogP) is 7.11. The Labute approximate surface area is 203 Å². The Morgan fingerprint density at radius 3 is 2.57 bits per heavy atom. The molecule has 5 nitrogen and oxygen atoms in total. The summed E-state index contributed by atoms with van der Waals surface area (Å²) in [6, 6.07) is 6.55. The first-order valence-corrected chi connectivity index (χ1v) is 11.6. The van der Waals surface area contributed by atoms with Crippen molar-refractivity contribution >= 4 is 11.3 Å². The third-order valence-corrected chi connectivity index (χ3v) is 6.01. The summed E-state index contributed by atoms with van der Waals surface area (Å²) in [6.07, 6.45) is 8.53. The smallest absolute Gasteiger partial charge is 0.387 e. The first-order valence-electron chi connectivity index (χ1n) is 11.6. The van der Waals surface area contributed by atoms with Crippen molar-refractivity contribution in [3.63, 3.8) is 0 Å². The van der Waals surface area contributed by atoms with Crippen LogP contribution in [0.5, 0.6) is 5.75 Å². The van der Waals surface area contributed by atoms with Crippen LogP contribution in [0.2, 0.25) is 0 Å². The lowest BCUT2D eigenvalue weighted by Gasteiger charge is -2.27. The Morgan fingerprint density at radius 2 is 1.91 bits per heavy atom. The molecule has 2 heterocycles. The molecule has 0 saturated heterocycles. The van der Waals surface area contributed by atoms with Gasteiger partial charge < -0.3 is 9.47 Å². The number of hydrogen-bond acceptors (Lipinski definition) is 5. The lowest BCUT2D eigenvalue weighted by Crippen LogP contribution is -2.17. The molecule has 184 valence electrons. The van der Waals surface area contributed by atoms with Crippen molar-refractivity contribution in [3.05, 3.63) is 82.9 Å². The third kappa shape index (κ3) is 6.06. The Morgan fingerprint density at radius 1 is 1.20 bits per heavy atom. The number of rotatable bonds is 8. The summed E-state index contributed by atoms with van der Waals surface area (Å²) in [4.78, 5) is 13.4. The molecule has 0 amide bonds. The molecule has 1 aromatic carbocycles. The van der Waals surface area contributed by atoms with Gasteiger partial charge in [0.25, 0.3) is 0 Å². The molecule has 8 heteroatoms. The number of halogens is 3. The average molecular weight is 484 g/mol. The Kier molecular flexibility index (Phi) is 7.80. The lowest BCUT2D eigenvalue weighted by molar-refractivity contribution is -0.0522. The SMILES string of the molecule is C/C=C(\C(F)=C/C(C)=NC1=C(C)[C@@H](c2ccccc2OC(F)F)OCC1)c1cnc(C2CC2)nc1. The van der Waals surface area contributed by atoms with Crippen LogP contribution in [-0.2, 0) is 4.74 Å². The largest absolute Gasteiger partial charge is 0.434 e. The summed E-state index contributed by atoms with van der Waals surface area (Å²) in [5, 5.41) is 0. The van der Waals surface area contributed by atoms with E-state index in [4.69, 9.17) is 4.74 Å². The molecule has 1 saturated carbocycles. The van der Waals surface area contributed by atoms with Gasteiger partial charge in [-0.3, -0.25) is 4.99 Å². The fourth-order valence-electron chi connectivity index (χ4n) is 4.09. The molecule has 0 radical (unpaired) electrons. The van der Waals surface area contributed by atoms with Gasteiger partial charge in [-0.15, -0.1) is 0 Å². The predicted molar refractivity (Wildman–Crippen MR) is 129 cm³/mol. The van der Waals surface area contributed by atoms with Crippen LogP contribution in [0.4, 0.5) is 13.2 Å². The quantitative estimate of drug-likeness (QED) is 0.297. The van der Waals surface area contributed by atoms with Crippen LogP contribution >= 0.6 is 0 Å². The van der Waals surface area contributed by atoms with E-state index in [1.54, 1.807) is 50.5 Å². The van der Waals surface area contributed by atoms with E-state index in [-0.39, 0.29) is 5.75 Å². The number of para-hydroxylation sites is 1. The highest BCUT2D eigenvalue weighted by molar-refractivity contribution is 5.97. The zero-order valence-corrected chi connectivity index (χ0v) is 20.0. The van der Waals surface area contributed by atoms with Gasteiger partial charge in [0.1, 0.15) is 23.5 Å². The molecule has 35 heavy (non-hydrogen) atoms. The highest BCUT2D eigenvalue weighted by Gasteiger charge is 2.27. The van der Waals surface area contributed by atoms with Crippen LogP contribution in [0.3, 0.4) is 0 Å². The molecule has 0 unspecified atom stereocenters. The molecule has 1 atom stereocenters. The van der Waals surface area contributed by atoms with E-state index in [0.29, 0.717) is 41.4 Å². The van der Waals surface area contributed by atoms with Gasteiger partial charge in [0.2, 0.25) is 0 Å². The zero-order valence-electron chi connectivity index (χ0n) is 20.0. The topological polar surface area (TPSA) is 56.6 Å². The van der Waals surface area contributed by atoms with Gasteiger partial charge in [-0.05, 0) is 51.3 Å². The summed E-state index contributed by atoms with van der Waals surface area (Å²) < 4.78 is 51.4. The number of aliphatic imine (C=N–C) groups is 1. The van der Waals surface area contributed by atoms with Crippen molar-refractivity contribution in [2.24, 2.45) is 4.99 Å². The Hall–Kier alpha value is -3.26. The van der Waals surface area contributed by atoms with Gasteiger partial charge >= 0.3 is 6.61 Å². The third-order valence-electron chi connectivity index (χ3n) is 6.01. The fourth-order valence-corrected chi connectivity index (χ4v) is 4.09. The summed E-state index contributed by atoms with van der Waals surface area (Å²) in [5.74, 6) is 0.867. The summed E-state index contributed by atoms with van der Waals surface area (Å²) in [7, 11) is 0. The molecule has 2 aromatic rings. The van der Waals surface area contributed by atoms with Gasteiger partial charge in [-0.2, -0.15) is 8.78 Å². The van der Waals surface area contributed by atoms with E-state index >= 15 is 4.39 Å². The molecule has 1 aromatic heterocycles. The number of allylic oxidation sites excluding steroid dienone is 4. The van der Waals surface area contributed by atoms with Crippen molar-refractivity contribution in [2.75, 3.05) is 6.61 Å². The van der Waals surface area contributed by atoms with Crippen LogP contribution in [0.1, 0.15) is 69.0 Å². The van der Waals surface area contributed by atoms with Gasteiger partial charge in [-0.25, -0.2) is 14.4 Å². The summed E-state index contributed by atoms with van der Waals surface area (Å²) in [5.41, 5.74) is 3.48. The van der Waals surface area contributed by atoms with Gasteiger partial charge in [0.05, 0.1) is 6.61 Å². The molecule has 4 rings (SSSR count). The maximum Gasteiger partial charge on any atom is 0.387 e. The number of hydrogen-bond donors (Lipinski definition) is 0. The molecule has 1 aliphatic heterocycles. The highest BCUT2D eigenvalue weighted by Crippen LogP contribution is 2.39. The summed E-state index contributed by atoms with van der Waals surface area (Å²) >= 11 is 0. The van der Waals surface area contributed by atoms with Gasteiger partial charge in [0.15, 0.2) is 0 Å². The maximum absolute atomic E-state index is 15.2. The number of ether oxygens (including phenoxy) is 2. The normalized spacial score (nSPS) is 20.0. The molecule has 1 fully saturated rings. The zero-order chi connectivity index (χ0) is 24.9. The second-order valence-corrected chi connectivity index (χ2v) is 8.60. The molecule has 0 bridgehead atoms. The standard InChI is InChI=1S/C27H28F3N3O2/c1-4-20(19-14-31-26(32-15-19)18-9-10-18)22(28)13-16(2)33-23-11-12-34-25(17(23)3)21-7-5-6-8-24(21)35-27(29)30/h4-8,13-15,18,25,27H,9-12H2,1-3H3/b20-4-,22-13+,33-16?/t25-/m0/s1. The molecular formula is C27H28F3N3O2. The second kappa shape index (κ2) is 11.0. The number of benzene rings is 1. The minimum atomic E-state index is -2.94. The van der Waals surface area contributed by atoms with Crippen molar-refractivity contribution < 1.29 is 22.6 Å². The van der Waals surface area contributed by atoms with E-state index in [1.807, 2.05) is 6.92 Å². The van der Waals surface area contributed by atoms with Crippen LogP contribution < -0.4 is 4.74 Å². The molecule has 1 aliphatic carbocycles. The van der Waals surface area contributed by atoms with Crippen LogP contribution in [0.25, 0.3) is 5.57 Å². The first kappa shape index (κ1) is 24.9. The van der Waals surface area contributed by atoms with Crippen molar-refractivity contribution in [3.8, 4) is 5.75 Å². The van der Waals surface area contributed by atoms with Crippen molar-refractivity contribution in [2.45, 2.75) is 58.7 Å². The average Bonchev–Trinajstić information content (AvgIpc) is 3.67. The van der Waals surface area contributed by atoms with E-state index in [2.05, 4.69) is 19.7 Å². The van der Waals surface area contributed by atoms with Gasteiger partial charge in [-0.1, -0.05) is 24.3 Å². The Bertz CT molecular complexity index is 1180. The first-order chi connectivity index (χ1) is 16.9. The summed E-state index contributed by atoms with van der Waals surface area (Å²) in [6.45, 7) is 2.74. The van der Waals surface area contributed by atoms with E-state index < -0.39 is 18.5 Å². The molecule has 0 N–H and O–H groups in total. The van der Waals surface area contributed by atoms with E-state index in [1.165, 1.54) is 12.1 Å².